The minimum Gasteiger partial charge on any atom is -0.470 e. The summed E-state index contributed by atoms with van der Waals surface area (Å²) in [5.41, 5.74) is -0.902. The molecule has 19 heavy (non-hydrogen) atoms. The lowest BCUT2D eigenvalue weighted by atomic mass is 10.1. The third-order valence-corrected chi connectivity index (χ3v) is 3.34. The minimum atomic E-state index is -0.902. The zero-order valence-corrected chi connectivity index (χ0v) is 11.1. The van der Waals surface area contributed by atoms with E-state index in [1.54, 1.807) is 13.8 Å². The Morgan fingerprint density at radius 2 is 2.05 bits per heavy atom. The number of fused-ring (bicyclic) bond motifs is 1. The van der Waals surface area contributed by atoms with Crippen molar-refractivity contribution in [3.05, 3.63) is 6.33 Å². The number of amides is 1. The topological polar surface area (TPSA) is 79.4 Å². The summed E-state index contributed by atoms with van der Waals surface area (Å²) in [6.45, 7) is 7.02. The Hall–Kier alpha value is -1.89. The van der Waals surface area contributed by atoms with Gasteiger partial charge in [0.2, 0.25) is 5.75 Å². The molecule has 102 valence electrons. The van der Waals surface area contributed by atoms with Gasteiger partial charge in [-0.25, -0.2) is 9.97 Å². The van der Waals surface area contributed by atoms with E-state index in [0.29, 0.717) is 11.6 Å². The molecule has 0 atom stereocenters. The molecule has 7 nitrogen and oxygen atoms in total. The lowest BCUT2D eigenvalue weighted by molar-refractivity contribution is -0.129. The van der Waals surface area contributed by atoms with Crippen LogP contribution in [0.5, 0.6) is 5.75 Å². The van der Waals surface area contributed by atoms with Crippen LogP contribution in [0.2, 0.25) is 0 Å². The highest BCUT2D eigenvalue weighted by atomic mass is 16.5. The van der Waals surface area contributed by atoms with Crippen LogP contribution in [0.25, 0.3) is 0 Å². The van der Waals surface area contributed by atoms with Crippen LogP contribution < -0.4 is 20.3 Å². The number of carbonyl (C=O) groups is 1. The fraction of sp³-hybridized carbons (Fsp3) is 0.583. The molecule has 2 aliphatic heterocycles. The zero-order chi connectivity index (χ0) is 13.5. The first-order valence-corrected chi connectivity index (χ1v) is 6.39. The third-order valence-electron chi connectivity index (χ3n) is 3.34. The van der Waals surface area contributed by atoms with Gasteiger partial charge in [-0.05, 0) is 13.8 Å². The van der Waals surface area contributed by atoms with Crippen LogP contribution in [-0.2, 0) is 4.79 Å². The van der Waals surface area contributed by atoms with Gasteiger partial charge in [0.15, 0.2) is 17.2 Å². The molecule has 2 N–H and O–H groups in total. The van der Waals surface area contributed by atoms with Gasteiger partial charge in [0, 0.05) is 26.2 Å². The Morgan fingerprint density at radius 3 is 2.79 bits per heavy atom. The lowest BCUT2D eigenvalue weighted by Gasteiger charge is -2.35. The Bertz CT molecular complexity index is 511. The molecule has 0 spiro atoms. The van der Waals surface area contributed by atoms with Crippen LogP contribution >= 0.6 is 0 Å². The van der Waals surface area contributed by atoms with Crippen molar-refractivity contribution in [2.75, 3.05) is 36.4 Å². The van der Waals surface area contributed by atoms with Gasteiger partial charge in [-0.15, -0.1) is 0 Å². The van der Waals surface area contributed by atoms with E-state index in [4.69, 9.17) is 4.74 Å². The molecule has 3 rings (SSSR count). The predicted octanol–water partition coefficient (Wildman–Crippen LogP) is -0.00430. The summed E-state index contributed by atoms with van der Waals surface area (Å²) in [5, 5.41) is 6.06. The standard InChI is InChI=1S/C12H17N5O2/c1-12(2)11(18)16-9-8(19-12)10(15-7-14-9)17-5-3-13-4-6-17/h7,13H,3-6H2,1-2H3,(H,14,15,16,18). The molecule has 1 aromatic rings. The number of hydrogen-bond donors (Lipinski definition) is 2. The Labute approximate surface area is 111 Å². The number of aromatic nitrogens is 2. The van der Waals surface area contributed by atoms with E-state index in [2.05, 4.69) is 25.5 Å². The first kappa shape index (κ1) is 12.2. The van der Waals surface area contributed by atoms with Gasteiger partial charge < -0.3 is 20.3 Å². The van der Waals surface area contributed by atoms with Crippen LogP contribution in [0, 0.1) is 0 Å². The smallest absolute Gasteiger partial charge is 0.269 e. The molecular formula is C12H17N5O2. The molecule has 0 aromatic carbocycles. The van der Waals surface area contributed by atoms with Crippen molar-refractivity contribution in [1.82, 2.24) is 15.3 Å². The molecule has 2 aliphatic rings. The Kier molecular flexibility index (Phi) is 2.78. The average Bonchev–Trinajstić information content (AvgIpc) is 2.40. The number of anilines is 2. The van der Waals surface area contributed by atoms with Gasteiger partial charge in [0.1, 0.15) is 6.33 Å². The molecule has 1 aromatic heterocycles. The van der Waals surface area contributed by atoms with E-state index in [9.17, 15) is 4.79 Å². The molecule has 0 unspecified atom stereocenters. The first-order valence-electron chi connectivity index (χ1n) is 6.39. The molecule has 1 saturated heterocycles. The Morgan fingerprint density at radius 1 is 1.32 bits per heavy atom. The van der Waals surface area contributed by atoms with Gasteiger partial charge in [-0.3, -0.25) is 4.79 Å². The summed E-state index contributed by atoms with van der Waals surface area (Å²) in [4.78, 5) is 22.4. The minimum absolute atomic E-state index is 0.190. The monoisotopic (exact) mass is 263 g/mol. The van der Waals surface area contributed by atoms with Gasteiger partial charge >= 0.3 is 0 Å². The summed E-state index contributed by atoms with van der Waals surface area (Å²) in [6, 6.07) is 0. The van der Waals surface area contributed by atoms with Crippen molar-refractivity contribution in [3.63, 3.8) is 0 Å². The number of nitrogens with one attached hydrogen (secondary N) is 2. The molecule has 3 heterocycles. The summed E-state index contributed by atoms with van der Waals surface area (Å²) in [6.07, 6.45) is 1.46. The second-order valence-electron chi connectivity index (χ2n) is 5.18. The molecule has 7 heteroatoms. The van der Waals surface area contributed by atoms with E-state index in [1.165, 1.54) is 6.33 Å². The van der Waals surface area contributed by atoms with Crippen molar-refractivity contribution in [2.45, 2.75) is 19.4 Å². The summed E-state index contributed by atoms with van der Waals surface area (Å²) in [5.74, 6) is 1.58. The summed E-state index contributed by atoms with van der Waals surface area (Å²) < 4.78 is 5.82. The SMILES string of the molecule is CC1(C)Oc2c(ncnc2N2CCNCC2)NC1=O. The Balaban J connectivity index is 1.99. The number of carbonyl (C=O) groups excluding carboxylic acids is 1. The molecule has 0 saturated carbocycles. The third kappa shape index (κ3) is 2.10. The van der Waals surface area contributed by atoms with E-state index >= 15 is 0 Å². The molecule has 0 radical (unpaired) electrons. The zero-order valence-electron chi connectivity index (χ0n) is 11.1. The van der Waals surface area contributed by atoms with Crippen LogP contribution in [0.1, 0.15) is 13.8 Å². The molecular weight excluding hydrogens is 246 g/mol. The van der Waals surface area contributed by atoms with Crippen LogP contribution in [0.15, 0.2) is 6.33 Å². The molecule has 0 bridgehead atoms. The lowest BCUT2D eigenvalue weighted by Crippen LogP contribution is -2.48. The van der Waals surface area contributed by atoms with Crippen LogP contribution in [0.3, 0.4) is 0 Å². The highest BCUT2D eigenvalue weighted by Gasteiger charge is 2.38. The van der Waals surface area contributed by atoms with Gasteiger partial charge in [0.05, 0.1) is 0 Å². The van der Waals surface area contributed by atoms with Crippen molar-refractivity contribution in [2.24, 2.45) is 0 Å². The van der Waals surface area contributed by atoms with Crippen molar-refractivity contribution < 1.29 is 9.53 Å². The van der Waals surface area contributed by atoms with Gasteiger partial charge in [-0.2, -0.15) is 0 Å². The molecule has 1 fully saturated rings. The maximum atomic E-state index is 11.8. The number of ether oxygens (including phenoxy) is 1. The quantitative estimate of drug-likeness (QED) is 0.742. The van der Waals surface area contributed by atoms with Crippen LogP contribution in [0.4, 0.5) is 11.6 Å². The predicted molar refractivity (Wildman–Crippen MR) is 70.5 cm³/mol. The largest absolute Gasteiger partial charge is 0.470 e. The normalized spacial score (nSPS) is 21.4. The summed E-state index contributed by atoms with van der Waals surface area (Å²) in [7, 11) is 0. The number of piperazine rings is 1. The van der Waals surface area contributed by atoms with Crippen molar-refractivity contribution in [3.8, 4) is 5.75 Å². The van der Waals surface area contributed by atoms with E-state index < -0.39 is 5.60 Å². The highest BCUT2D eigenvalue weighted by Crippen LogP contribution is 2.38. The number of nitrogens with zero attached hydrogens (tertiary/aromatic N) is 3. The van der Waals surface area contributed by atoms with E-state index in [1.807, 2.05) is 0 Å². The van der Waals surface area contributed by atoms with Crippen molar-refractivity contribution >= 4 is 17.5 Å². The molecule has 1 amide bonds. The van der Waals surface area contributed by atoms with E-state index in [0.717, 1.165) is 32.0 Å². The van der Waals surface area contributed by atoms with Gasteiger partial charge in [0.25, 0.3) is 5.91 Å². The average molecular weight is 263 g/mol. The second kappa shape index (κ2) is 4.34. The maximum absolute atomic E-state index is 11.8. The number of hydrogen-bond acceptors (Lipinski definition) is 6. The second-order valence-corrected chi connectivity index (χ2v) is 5.18. The maximum Gasteiger partial charge on any atom is 0.269 e. The summed E-state index contributed by atoms with van der Waals surface area (Å²) >= 11 is 0. The van der Waals surface area contributed by atoms with Crippen molar-refractivity contribution in [1.29, 1.82) is 0 Å². The molecule has 0 aliphatic carbocycles. The number of rotatable bonds is 1. The highest BCUT2D eigenvalue weighted by molar-refractivity contribution is 6.00. The van der Waals surface area contributed by atoms with Gasteiger partial charge in [-0.1, -0.05) is 0 Å². The fourth-order valence-corrected chi connectivity index (χ4v) is 2.21. The van der Waals surface area contributed by atoms with Crippen LogP contribution in [-0.4, -0.2) is 47.7 Å². The first-order chi connectivity index (χ1) is 9.08. The van der Waals surface area contributed by atoms with E-state index in [-0.39, 0.29) is 5.91 Å². The fourth-order valence-electron chi connectivity index (χ4n) is 2.21.